The Hall–Kier alpha value is -3.28. The van der Waals surface area contributed by atoms with E-state index >= 15 is 0 Å². The Balaban J connectivity index is 1.60. The first-order valence-corrected chi connectivity index (χ1v) is 9.81. The molecule has 0 saturated heterocycles. The van der Waals surface area contributed by atoms with Gasteiger partial charge in [-0.3, -0.25) is 4.79 Å². The molecule has 1 aliphatic heterocycles. The Labute approximate surface area is 170 Å². The number of phenols is 1. The second-order valence-electron chi connectivity index (χ2n) is 7.24. The Morgan fingerprint density at radius 2 is 1.79 bits per heavy atom. The van der Waals surface area contributed by atoms with Crippen molar-refractivity contribution in [3.8, 4) is 5.75 Å². The second kappa shape index (κ2) is 9.78. The highest BCUT2D eigenvalue weighted by Crippen LogP contribution is 2.24. The van der Waals surface area contributed by atoms with Crippen LogP contribution < -0.4 is 5.32 Å². The number of phenolic OH excluding ortho intramolecular Hbond substituents is 1. The summed E-state index contributed by atoms with van der Waals surface area (Å²) in [4.78, 5) is 25.5. The molecule has 0 saturated carbocycles. The molecular weight excluding hydrogens is 368 g/mol. The van der Waals surface area contributed by atoms with E-state index in [2.05, 4.69) is 5.32 Å². The van der Waals surface area contributed by atoms with Crippen LogP contribution in [0.15, 0.2) is 60.7 Å². The van der Waals surface area contributed by atoms with Crippen LogP contribution in [0.5, 0.6) is 5.75 Å². The number of hydrogen-bond donors (Lipinski definition) is 3. The minimum absolute atomic E-state index is 0.0166. The largest absolute Gasteiger partial charge is 0.508 e. The number of aliphatic carboxylic acids is 1. The molecule has 1 atom stereocenters. The van der Waals surface area contributed by atoms with Crippen molar-refractivity contribution >= 4 is 17.6 Å². The zero-order valence-electron chi connectivity index (χ0n) is 16.3. The summed E-state index contributed by atoms with van der Waals surface area (Å²) in [6, 6.07) is 16.4. The van der Waals surface area contributed by atoms with Crippen molar-refractivity contribution < 1.29 is 19.8 Å². The minimum atomic E-state index is -0.864. The fourth-order valence-corrected chi connectivity index (χ4v) is 3.48. The molecular formula is C23H26N2O4. The van der Waals surface area contributed by atoms with Gasteiger partial charge in [0, 0.05) is 25.6 Å². The summed E-state index contributed by atoms with van der Waals surface area (Å²) in [7, 11) is 0. The minimum Gasteiger partial charge on any atom is -0.508 e. The molecule has 29 heavy (non-hydrogen) atoms. The normalized spacial score (nSPS) is 14.8. The number of carbonyl (C=O) groups excluding carboxylic acids is 1. The van der Waals surface area contributed by atoms with Gasteiger partial charge in [0.15, 0.2) is 0 Å². The highest BCUT2D eigenvalue weighted by atomic mass is 16.4. The third-order valence-electron chi connectivity index (χ3n) is 5.09. The van der Waals surface area contributed by atoms with Crippen molar-refractivity contribution in [2.45, 2.75) is 31.7 Å². The lowest BCUT2D eigenvalue weighted by Crippen LogP contribution is -2.47. The molecule has 6 heteroatoms. The molecule has 0 spiro atoms. The standard InChI is InChI=1S/C23H26N2O4/c26-21-9-6-18(7-10-21)19-12-14-25(15-13-19)23(29)24-20(8-11-22(27)28)16-17-4-2-1-3-5-17/h1-7,9-10,12,20,26H,8,11,13-16H2,(H,24,29)(H,27,28). The van der Waals surface area contributed by atoms with E-state index in [0.717, 1.165) is 23.1 Å². The molecule has 2 amide bonds. The topological polar surface area (TPSA) is 89.9 Å². The summed E-state index contributed by atoms with van der Waals surface area (Å²) in [6.45, 7) is 1.09. The van der Waals surface area contributed by atoms with Gasteiger partial charge in [-0.05, 0) is 48.1 Å². The molecule has 6 nitrogen and oxygen atoms in total. The number of nitrogens with one attached hydrogen (secondary N) is 1. The summed E-state index contributed by atoms with van der Waals surface area (Å²) in [5.74, 6) is -0.631. The van der Waals surface area contributed by atoms with Gasteiger partial charge < -0.3 is 20.4 Å². The third kappa shape index (κ3) is 6.10. The van der Waals surface area contributed by atoms with Gasteiger partial charge in [0.1, 0.15) is 5.75 Å². The van der Waals surface area contributed by atoms with Crippen molar-refractivity contribution in [2.24, 2.45) is 0 Å². The number of aromatic hydroxyl groups is 1. The fraction of sp³-hybridized carbons (Fsp3) is 0.304. The van der Waals surface area contributed by atoms with Gasteiger partial charge >= 0.3 is 12.0 Å². The quantitative estimate of drug-likeness (QED) is 0.668. The molecule has 2 aromatic rings. The fourth-order valence-electron chi connectivity index (χ4n) is 3.48. The number of carbonyl (C=O) groups is 2. The summed E-state index contributed by atoms with van der Waals surface area (Å²) in [5.41, 5.74) is 3.27. The number of carboxylic acid groups (broad SMARTS) is 1. The van der Waals surface area contributed by atoms with Crippen molar-refractivity contribution in [1.82, 2.24) is 10.2 Å². The predicted molar refractivity (Wildman–Crippen MR) is 112 cm³/mol. The number of carboxylic acids is 1. The average Bonchev–Trinajstić information content (AvgIpc) is 2.73. The van der Waals surface area contributed by atoms with E-state index in [1.807, 2.05) is 48.5 Å². The smallest absolute Gasteiger partial charge is 0.317 e. The highest BCUT2D eigenvalue weighted by molar-refractivity contribution is 5.77. The van der Waals surface area contributed by atoms with Gasteiger partial charge in [-0.1, -0.05) is 48.5 Å². The molecule has 1 unspecified atom stereocenters. The van der Waals surface area contributed by atoms with Crippen LogP contribution in [0, 0.1) is 0 Å². The Kier molecular flexibility index (Phi) is 6.89. The molecule has 3 N–H and O–H groups in total. The summed E-state index contributed by atoms with van der Waals surface area (Å²) in [6.07, 6.45) is 3.76. The Morgan fingerprint density at radius 3 is 2.41 bits per heavy atom. The molecule has 152 valence electrons. The summed E-state index contributed by atoms with van der Waals surface area (Å²) >= 11 is 0. The van der Waals surface area contributed by atoms with E-state index in [-0.39, 0.29) is 24.2 Å². The van der Waals surface area contributed by atoms with Crippen LogP contribution >= 0.6 is 0 Å². The van der Waals surface area contributed by atoms with Gasteiger partial charge in [-0.15, -0.1) is 0 Å². The number of benzene rings is 2. The summed E-state index contributed by atoms with van der Waals surface area (Å²) < 4.78 is 0. The average molecular weight is 394 g/mol. The van der Waals surface area contributed by atoms with Crippen LogP contribution in [0.2, 0.25) is 0 Å². The maximum absolute atomic E-state index is 12.7. The number of amides is 2. The van der Waals surface area contributed by atoms with Crippen LogP contribution in [-0.4, -0.2) is 46.2 Å². The van der Waals surface area contributed by atoms with Crippen LogP contribution in [0.25, 0.3) is 5.57 Å². The summed E-state index contributed by atoms with van der Waals surface area (Å²) in [5, 5.41) is 21.5. The lowest BCUT2D eigenvalue weighted by Gasteiger charge is -2.29. The van der Waals surface area contributed by atoms with Crippen LogP contribution in [0.4, 0.5) is 4.79 Å². The zero-order chi connectivity index (χ0) is 20.6. The monoisotopic (exact) mass is 394 g/mol. The highest BCUT2D eigenvalue weighted by Gasteiger charge is 2.21. The predicted octanol–water partition coefficient (Wildman–Crippen LogP) is 3.67. The Bertz CT molecular complexity index is 862. The van der Waals surface area contributed by atoms with Gasteiger partial charge in [0.25, 0.3) is 0 Å². The zero-order valence-corrected chi connectivity index (χ0v) is 16.3. The van der Waals surface area contributed by atoms with Crippen LogP contribution in [0.1, 0.15) is 30.4 Å². The number of hydrogen-bond acceptors (Lipinski definition) is 3. The second-order valence-corrected chi connectivity index (χ2v) is 7.24. The van der Waals surface area contributed by atoms with Crippen molar-refractivity contribution in [3.63, 3.8) is 0 Å². The van der Waals surface area contributed by atoms with Crippen molar-refractivity contribution in [1.29, 1.82) is 0 Å². The SMILES string of the molecule is O=C(O)CCC(Cc1ccccc1)NC(=O)N1CC=C(c2ccc(O)cc2)CC1. The van der Waals surface area contributed by atoms with Gasteiger partial charge in [-0.25, -0.2) is 4.79 Å². The molecule has 0 bridgehead atoms. The number of rotatable bonds is 7. The third-order valence-corrected chi connectivity index (χ3v) is 5.09. The van der Waals surface area contributed by atoms with E-state index < -0.39 is 5.97 Å². The van der Waals surface area contributed by atoms with E-state index in [1.54, 1.807) is 17.0 Å². The lowest BCUT2D eigenvalue weighted by atomic mass is 9.99. The van der Waals surface area contributed by atoms with Gasteiger partial charge in [0.2, 0.25) is 0 Å². The molecule has 1 heterocycles. The molecule has 1 aliphatic rings. The van der Waals surface area contributed by atoms with Crippen molar-refractivity contribution in [2.75, 3.05) is 13.1 Å². The van der Waals surface area contributed by atoms with E-state index in [9.17, 15) is 14.7 Å². The first-order valence-electron chi connectivity index (χ1n) is 9.81. The molecule has 0 aromatic heterocycles. The van der Waals surface area contributed by atoms with E-state index in [1.165, 1.54) is 0 Å². The molecule has 0 aliphatic carbocycles. The molecule has 0 fully saturated rings. The van der Waals surface area contributed by atoms with E-state index in [4.69, 9.17) is 5.11 Å². The van der Waals surface area contributed by atoms with Gasteiger partial charge in [-0.2, -0.15) is 0 Å². The molecule has 2 aromatic carbocycles. The first-order chi connectivity index (χ1) is 14.0. The van der Waals surface area contributed by atoms with E-state index in [0.29, 0.717) is 25.9 Å². The maximum Gasteiger partial charge on any atom is 0.317 e. The molecule has 3 rings (SSSR count). The lowest BCUT2D eigenvalue weighted by molar-refractivity contribution is -0.137. The van der Waals surface area contributed by atoms with Crippen molar-refractivity contribution in [3.05, 3.63) is 71.8 Å². The Morgan fingerprint density at radius 1 is 1.07 bits per heavy atom. The number of urea groups is 1. The van der Waals surface area contributed by atoms with Gasteiger partial charge in [0.05, 0.1) is 0 Å². The number of nitrogens with zero attached hydrogens (tertiary/aromatic N) is 1. The van der Waals surface area contributed by atoms with Crippen LogP contribution in [0.3, 0.4) is 0 Å². The maximum atomic E-state index is 12.7. The van der Waals surface area contributed by atoms with Crippen LogP contribution in [-0.2, 0) is 11.2 Å². The molecule has 0 radical (unpaired) electrons. The first kappa shape index (κ1) is 20.5.